The maximum absolute atomic E-state index is 12.8. The first-order valence-electron chi connectivity index (χ1n) is 7.42. The van der Waals surface area contributed by atoms with Crippen LogP contribution in [-0.4, -0.2) is 39.0 Å². The Bertz CT molecular complexity index is 583. The van der Waals surface area contributed by atoms with Gasteiger partial charge in [-0.1, -0.05) is 6.42 Å². The molecule has 2 heterocycles. The number of carboxylic acids is 1. The molecule has 21 heavy (non-hydrogen) atoms. The van der Waals surface area contributed by atoms with Crippen molar-refractivity contribution in [2.24, 2.45) is 11.8 Å². The van der Waals surface area contributed by atoms with Crippen molar-refractivity contribution in [2.45, 2.75) is 38.8 Å². The van der Waals surface area contributed by atoms with Crippen LogP contribution in [-0.2, 0) is 11.3 Å². The molecule has 1 aliphatic heterocycles. The summed E-state index contributed by atoms with van der Waals surface area (Å²) in [5.74, 6) is -0.556. The van der Waals surface area contributed by atoms with Crippen LogP contribution >= 0.6 is 15.9 Å². The number of hydrogen-bond donors (Lipinski definition) is 1. The molecule has 2 fully saturated rings. The van der Waals surface area contributed by atoms with E-state index in [1.165, 1.54) is 0 Å². The predicted molar refractivity (Wildman–Crippen MR) is 81.1 cm³/mol. The zero-order valence-electron chi connectivity index (χ0n) is 12.0. The molecule has 0 radical (unpaired) electrons. The lowest BCUT2D eigenvalue weighted by Gasteiger charge is -2.24. The maximum Gasteiger partial charge on any atom is 0.326 e. The lowest BCUT2D eigenvalue weighted by molar-refractivity contribution is -0.142. The van der Waals surface area contributed by atoms with Crippen molar-refractivity contribution in [3.05, 3.63) is 22.4 Å². The summed E-state index contributed by atoms with van der Waals surface area (Å²) >= 11 is 3.39. The van der Waals surface area contributed by atoms with Crippen molar-refractivity contribution in [2.75, 3.05) is 6.54 Å². The molecule has 1 saturated carbocycles. The van der Waals surface area contributed by atoms with E-state index in [2.05, 4.69) is 15.9 Å². The van der Waals surface area contributed by atoms with Crippen LogP contribution in [0.5, 0.6) is 0 Å². The number of aliphatic carboxylic acids is 1. The highest BCUT2D eigenvalue weighted by molar-refractivity contribution is 9.10. The minimum atomic E-state index is -0.869. The Kier molecular flexibility index (Phi) is 3.82. The highest BCUT2D eigenvalue weighted by Crippen LogP contribution is 2.42. The quantitative estimate of drug-likeness (QED) is 0.907. The largest absolute Gasteiger partial charge is 0.480 e. The molecule has 5 nitrogen and oxygen atoms in total. The molecule has 0 aromatic carbocycles. The Morgan fingerprint density at radius 3 is 2.86 bits per heavy atom. The molecule has 3 unspecified atom stereocenters. The Balaban J connectivity index is 1.91. The van der Waals surface area contributed by atoms with E-state index in [9.17, 15) is 14.7 Å². The fraction of sp³-hybridized carbons (Fsp3) is 0.600. The Morgan fingerprint density at radius 2 is 2.19 bits per heavy atom. The first-order valence-corrected chi connectivity index (χ1v) is 8.21. The van der Waals surface area contributed by atoms with Gasteiger partial charge in [-0.3, -0.25) is 4.79 Å². The van der Waals surface area contributed by atoms with Gasteiger partial charge in [-0.15, -0.1) is 0 Å². The summed E-state index contributed by atoms with van der Waals surface area (Å²) in [6, 6.07) is 1.11. The summed E-state index contributed by atoms with van der Waals surface area (Å²) in [4.78, 5) is 26.0. The zero-order chi connectivity index (χ0) is 15.1. The molecule has 1 amide bonds. The van der Waals surface area contributed by atoms with E-state index < -0.39 is 12.0 Å². The third kappa shape index (κ3) is 2.39. The number of halogens is 1. The average Bonchev–Trinajstić information content (AvgIpc) is 3.09. The van der Waals surface area contributed by atoms with Crippen molar-refractivity contribution >= 4 is 27.8 Å². The van der Waals surface area contributed by atoms with Gasteiger partial charge in [-0.25, -0.2) is 4.79 Å². The van der Waals surface area contributed by atoms with Gasteiger partial charge < -0.3 is 14.6 Å². The highest BCUT2D eigenvalue weighted by atomic mass is 79.9. The first kappa shape index (κ1) is 14.6. The average molecular weight is 355 g/mol. The molecule has 3 rings (SSSR count). The number of amides is 1. The Hall–Kier alpha value is -1.30. The fourth-order valence-electron chi connectivity index (χ4n) is 3.89. The third-order valence-corrected chi connectivity index (χ3v) is 5.26. The number of aryl methyl sites for hydroxylation is 1. The standard InChI is InChI=1S/C15H19BrN2O3/c1-2-17-8-10(16)6-12(17)14(19)18-7-9-4-3-5-11(9)13(18)15(20)21/h6,8-9,11,13H,2-5,7H2,1H3,(H,20,21). The number of carboxylic acid groups (broad SMARTS) is 1. The van der Waals surface area contributed by atoms with Crippen LogP contribution in [0.25, 0.3) is 0 Å². The SMILES string of the molecule is CCn1cc(Br)cc1C(=O)N1CC2CCCC2C1C(=O)O. The summed E-state index contributed by atoms with van der Waals surface area (Å²) < 4.78 is 2.71. The topological polar surface area (TPSA) is 62.5 Å². The molecule has 0 bridgehead atoms. The Morgan fingerprint density at radius 1 is 1.43 bits per heavy atom. The maximum atomic E-state index is 12.8. The molecule has 1 aliphatic carbocycles. The number of rotatable bonds is 3. The van der Waals surface area contributed by atoms with E-state index in [1.54, 1.807) is 11.0 Å². The van der Waals surface area contributed by atoms with Gasteiger partial charge in [-0.05, 0) is 53.6 Å². The number of carbonyl (C=O) groups excluding carboxylic acids is 1. The molecule has 1 aromatic heterocycles. The molecule has 114 valence electrons. The zero-order valence-corrected chi connectivity index (χ0v) is 13.5. The van der Waals surface area contributed by atoms with E-state index in [1.807, 2.05) is 17.7 Å². The van der Waals surface area contributed by atoms with Gasteiger partial charge in [0, 0.05) is 23.8 Å². The molecule has 1 saturated heterocycles. The summed E-state index contributed by atoms with van der Waals surface area (Å²) in [7, 11) is 0. The van der Waals surface area contributed by atoms with Gasteiger partial charge in [0.2, 0.25) is 0 Å². The van der Waals surface area contributed by atoms with E-state index >= 15 is 0 Å². The summed E-state index contributed by atoms with van der Waals surface area (Å²) in [5, 5.41) is 9.55. The van der Waals surface area contributed by atoms with Crippen LogP contribution < -0.4 is 0 Å². The second-order valence-electron chi connectivity index (χ2n) is 5.93. The summed E-state index contributed by atoms with van der Waals surface area (Å²) in [6.45, 7) is 3.23. The van der Waals surface area contributed by atoms with E-state index in [0.717, 1.165) is 23.7 Å². The monoisotopic (exact) mass is 354 g/mol. The second-order valence-corrected chi connectivity index (χ2v) is 6.84. The fourth-order valence-corrected chi connectivity index (χ4v) is 4.36. The number of carbonyl (C=O) groups is 2. The number of fused-ring (bicyclic) bond motifs is 1. The second kappa shape index (κ2) is 5.48. The van der Waals surface area contributed by atoms with Crippen LogP contribution in [0.15, 0.2) is 16.7 Å². The first-order chi connectivity index (χ1) is 10.0. The van der Waals surface area contributed by atoms with Gasteiger partial charge in [-0.2, -0.15) is 0 Å². The van der Waals surface area contributed by atoms with Crippen LogP contribution in [0.4, 0.5) is 0 Å². The van der Waals surface area contributed by atoms with Crippen LogP contribution in [0, 0.1) is 11.8 Å². The highest BCUT2D eigenvalue weighted by Gasteiger charge is 2.49. The minimum Gasteiger partial charge on any atom is -0.480 e. The lowest BCUT2D eigenvalue weighted by Crippen LogP contribution is -2.43. The molecule has 6 heteroatoms. The number of likely N-dealkylation sites (tertiary alicyclic amines) is 1. The van der Waals surface area contributed by atoms with E-state index in [0.29, 0.717) is 24.7 Å². The smallest absolute Gasteiger partial charge is 0.326 e. The molecule has 3 atom stereocenters. The normalized spacial score (nSPS) is 27.9. The third-order valence-electron chi connectivity index (χ3n) is 4.83. The lowest BCUT2D eigenvalue weighted by atomic mass is 9.94. The number of aromatic nitrogens is 1. The van der Waals surface area contributed by atoms with Crippen molar-refractivity contribution in [3.8, 4) is 0 Å². The molecule has 2 aliphatic rings. The molecular weight excluding hydrogens is 336 g/mol. The summed E-state index contributed by atoms with van der Waals surface area (Å²) in [6.07, 6.45) is 4.90. The van der Waals surface area contributed by atoms with Crippen molar-refractivity contribution < 1.29 is 14.7 Å². The summed E-state index contributed by atoms with van der Waals surface area (Å²) in [5.41, 5.74) is 0.565. The van der Waals surface area contributed by atoms with E-state index in [-0.39, 0.29) is 11.8 Å². The van der Waals surface area contributed by atoms with Gasteiger partial charge in [0.15, 0.2) is 0 Å². The van der Waals surface area contributed by atoms with Crippen LogP contribution in [0.2, 0.25) is 0 Å². The van der Waals surface area contributed by atoms with Crippen LogP contribution in [0.1, 0.15) is 36.7 Å². The number of nitrogens with zero attached hydrogens (tertiary/aromatic N) is 2. The molecule has 1 N–H and O–H groups in total. The van der Waals surface area contributed by atoms with Crippen molar-refractivity contribution in [3.63, 3.8) is 0 Å². The van der Waals surface area contributed by atoms with Gasteiger partial charge in [0.1, 0.15) is 11.7 Å². The van der Waals surface area contributed by atoms with Gasteiger partial charge in [0.05, 0.1) is 0 Å². The minimum absolute atomic E-state index is 0.125. The molecule has 0 spiro atoms. The molecule has 1 aromatic rings. The Labute approximate surface area is 132 Å². The molecular formula is C15H19BrN2O3. The number of hydrogen-bond acceptors (Lipinski definition) is 2. The van der Waals surface area contributed by atoms with Crippen molar-refractivity contribution in [1.29, 1.82) is 0 Å². The van der Waals surface area contributed by atoms with Crippen LogP contribution in [0.3, 0.4) is 0 Å². The van der Waals surface area contributed by atoms with Gasteiger partial charge in [0.25, 0.3) is 5.91 Å². The van der Waals surface area contributed by atoms with Gasteiger partial charge >= 0.3 is 5.97 Å². The van der Waals surface area contributed by atoms with E-state index in [4.69, 9.17) is 0 Å². The van der Waals surface area contributed by atoms with Crippen molar-refractivity contribution in [1.82, 2.24) is 9.47 Å². The predicted octanol–water partition coefficient (Wildman–Crippen LogP) is 2.60.